The number of phenols is 1. The SMILES string of the molecule is COc1c(C)c(Cl)cc(Br)c1O. The first-order valence-corrected chi connectivity index (χ1v) is 4.46. The van der Waals surface area contributed by atoms with Gasteiger partial charge in [0.2, 0.25) is 0 Å². The number of halogens is 2. The Morgan fingerprint density at radius 3 is 2.67 bits per heavy atom. The van der Waals surface area contributed by atoms with Crippen molar-refractivity contribution in [1.29, 1.82) is 0 Å². The molecule has 0 bridgehead atoms. The number of benzene rings is 1. The predicted molar refractivity (Wildman–Crippen MR) is 52.1 cm³/mol. The Morgan fingerprint density at radius 2 is 2.17 bits per heavy atom. The van der Waals surface area contributed by atoms with Gasteiger partial charge in [0.15, 0.2) is 11.5 Å². The highest BCUT2D eigenvalue weighted by molar-refractivity contribution is 9.10. The van der Waals surface area contributed by atoms with Crippen LogP contribution in [0, 0.1) is 6.92 Å². The third kappa shape index (κ3) is 1.52. The van der Waals surface area contributed by atoms with Crippen LogP contribution in [0.3, 0.4) is 0 Å². The molecule has 0 atom stereocenters. The molecule has 1 N–H and O–H groups in total. The summed E-state index contributed by atoms with van der Waals surface area (Å²) in [5, 5.41) is 10.0. The highest BCUT2D eigenvalue weighted by atomic mass is 79.9. The Hall–Kier alpha value is -0.410. The highest BCUT2D eigenvalue weighted by Crippen LogP contribution is 2.40. The van der Waals surface area contributed by atoms with Gasteiger partial charge in [0.25, 0.3) is 0 Å². The molecule has 0 unspecified atom stereocenters. The lowest BCUT2D eigenvalue weighted by atomic mass is 10.2. The number of phenolic OH excluding ortho intramolecular Hbond substituents is 1. The summed E-state index contributed by atoms with van der Waals surface area (Å²) < 4.78 is 5.51. The van der Waals surface area contributed by atoms with Gasteiger partial charge in [0.05, 0.1) is 11.6 Å². The number of hydrogen-bond donors (Lipinski definition) is 1. The number of ether oxygens (including phenoxy) is 1. The van der Waals surface area contributed by atoms with E-state index in [4.69, 9.17) is 16.3 Å². The van der Waals surface area contributed by atoms with Gasteiger partial charge in [-0.25, -0.2) is 0 Å². The molecule has 1 aromatic carbocycles. The molecule has 66 valence electrons. The third-order valence-corrected chi connectivity index (χ3v) is 2.59. The first-order valence-electron chi connectivity index (χ1n) is 3.29. The third-order valence-electron chi connectivity index (χ3n) is 1.60. The van der Waals surface area contributed by atoms with Crippen LogP contribution in [0.2, 0.25) is 5.02 Å². The molecule has 0 amide bonds. The summed E-state index contributed by atoms with van der Waals surface area (Å²) in [6.45, 7) is 1.79. The van der Waals surface area contributed by atoms with Crippen LogP contribution in [0.25, 0.3) is 0 Å². The summed E-state index contributed by atoms with van der Waals surface area (Å²) >= 11 is 9.01. The Kier molecular flexibility index (Phi) is 2.85. The van der Waals surface area contributed by atoms with Gasteiger partial charge in [-0.3, -0.25) is 0 Å². The summed E-state index contributed by atoms with van der Waals surface area (Å²) in [7, 11) is 1.49. The van der Waals surface area contributed by atoms with E-state index in [0.717, 1.165) is 5.56 Å². The maximum Gasteiger partial charge on any atom is 0.172 e. The normalized spacial score (nSPS) is 10.0. The van der Waals surface area contributed by atoms with E-state index in [1.165, 1.54) is 7.11 Å². The summed E-state index contributed by atoms with van der Waals surface area (Å²) in [5.74, 6) is 0.494. The molecule has 1 aromatic rings. The summed E-state index contributed by atoms with van der Waals surface area (Å²) in [6.07, 6.45) is 0. The number of methoxy groups -OCH3 is 1. The Morgan fingerprint density at radius 1 is 1.58 bits per heavy atom. The lowest BCUT2D eigenvalue weighted by Gasteiger charge is -2.09. The van der Waals surface area contributed by atoms with Gasteiger partial charge in [0, 0.05) is 10.6 Å². The van der Waals surface area contributed by atoms with E-state index in [1.54, 1.807) is 13.0 Å². The Labute approximate surface area is 84.2 Å². The van der Waals surface area contributed by atoms with Crippen LogP contribution in [0.5, 0.6) is 11.5 Å². The molecular formula is C8H8BrClO2. The molecule has 0 radical (unpaired) electrons. The summed E-state index contributed by atoms with van der Waals surface area (Å²) in [4.78, 5) is 0. The fourth-order valence-corrected chi connectivity index (χ4v) is 1.67. The van der Waals surface area contributed by atoms with Crippen molar-refractivity contribution in [3.8, 4) is 11.5 Å². The average molecular weight is 252 g/mol. The monoisotopic (exact) mass is 250 g/mol. The van der Waals surface area contributed by atoms with Crippen LogP contribution in [-0.2, 0) is 0 Å². The lowest BCUT2D eigenvalue weighted by molar-refractivity contribution is 0.369. The Bertz CT molecular complexity index is 286. The zero-order valence-electron chi connectivity index (χ0n) is 6.69. The molecule has 0 fully saturated rings. The zero-order valence-corrected chi connectivity index (χ0v) is 9.03. The average Bonchev–Trinajstić information content (AvgIpc) is 2.02. The van der Waals surface area contributed by atoms with Crippen LogP contribution >= 0.6 is 27.5 Å². The molecule has 0 saturated carbocycles. The molecule has 1 rings (SSSR count). The van der Waals surface area contributed by atoms with Gasteiger partial charge < -0.3 is 9.84 Å². The number of rotatable bonds is 1. The van der Waals surface area contributed by atoms with Crippen molar-refractivity contribution in [3.63, 3.8) is 0 Å². The van der Waals surface area contributed by atoms with Crippen LogP contribution in [0.1, 0.15) is 5.56 Å². The van der Waals surface area contributed by atoms with E-state index in [9.17, 15) is 5.11 Å². The van der Waals surface area contributed by atoms with E-state index in [2.05, 4.69) is 15.9 Å². The standard InChI is InChI=1S/C8H8BrClO2/c1-4-6(10)3-5(9)7(11)8(4)12-2/h3,11H,1-2H3. The fourth-order valence-electron chi connectivity index (χ4n) is 0.932. The fraction of sp³-hybridized carbons (Fsp3) is 0.250. The van der Waals surface area contributed by atoms with Crippen molar-refractivity contribution < 1.29 is 9.84 Å². The molecular weight excluding hydrogens is 243 g/mol. The van der Waals surface area contributed by atoms with Crippen LogP contribution in [-0.4, -0.2) is 12.2 Å². The van der Waals surface area contributed by atoms with Crippen LogP contribution < -0.4 is 4.74 Å². The van der Waals surface area contributed by atoms with E-state index in [0.29, 0.717) is 15.2 Å². The number of aromatic hydroxyl groups is 1. The van der Waals surface area contributed by atoms with E-state index in [1.807, 2.05) is 0 Å². The molecule has 0 spiro atoms. The van der Waals surface area contributed by atoms with Crippen LogP contribution in [0.15, 0.2) is 10.5 Å². The molecule has 12 heavy (non-hydrogen) atoms. The smallest absolute Gasteiger partial charge is 0.172 e. The van der Waals surface area contributed by atoms with Crippen molar-refractivity contribution >= 4 is 27.5 Å². The van der Waals surface area contributed by atoms with Gasteiger partial charge in [-0.1, -0.05) is 11.6 Å². The predicted octanol–water partition coefficient (Wildman–Crippen LogP) is 3.13. The van der Waals surface area contributed by atoms with Crippen molar-refractivity contribution in [2.75, 3.05) is 7.11 Å². The molecule has 0 aromatic heterocycles. The first-order chi connectivity index (χ1) is 5.57. The zero-order chi connectivity index (χ0) is 9.30. The Balaban J connectivity index is 3.42. The molecule has 2 nitrogen and oxygen atoms in total. The van der Waals surface area contributed by atoms with Crippen molar-refractivity contribution in [2.45, 2.75) is 6.92 Å². The lowest BCUT2D eigenvalue weighted by Crippen LogP contribution is -1.89. The molecule has 0 aliphatic rings. The minimum absolute atomic E-state index is 0.0828. The molecule has 0 saturated heterocycles. The second kappa shape index (κ2) is 3.54. The first kappa shape index (κ1) is 9.68. The van der Waals surface area contributed by atoms with Gasteiger partial charge in [-0.2, -0.15) is 0 Å². The second-order valence-corrected chi connectivity index (χ2v) is 3.61. The largest absolute Gasteiger partial charge is 0.503 e. The highest BCUT2D eigenvalue weighted by Gasteiger charge is 2.12. The van der Waals surface area contributed by atoms with Gasteiger partial charge in [-0.05, 0) is 28.9 Å². The minimum atomic E-state index is 0.0828. The van der Waals surface area contributed by atoms with E-state index < -0.39 is 0 Å². The van der Waals surface area contributed by atoms with Crippen LogP contribution in [0.4, 0.5) is 0 Å². The molecule has 0 heterocycles. The molecule has 0 aliphatic carbocycles. The molecule has 0 aliphatic heterocycles. The summed E-state index contributed by atoms with van der Waals surface area (Å²) in [6, 6.07) is 1.63. The number of hydrogen-bond acceptors (Lipinski definition) is 2. The van der Waals surface area contributed by atoms with E-state index >= 15 is 0 Å². The van der Waals surface area contributed by atoms with Gasteiger partial charge >= 0.3 is 0 Å². The van der Waals surface area contributed by atoms with E-state index in [-0.39, 0.29) is 5.75 Å². The van der Waals surface area contributed by atoms with Crippen molar-refractivity contribution in [1.82, 2.24) is 0 Å². The minimum Gasteiger partial charge on any atom is -0.503 e. The van der Waals surface area contributed by atoms with Crippen molar-refractivity contribution in [3.05, 3.63) is 21.1 Å². The maximum absolute atomic E-state index is 9.47. The topological polar surface area (TPSA) is 29.5 Å². The van der Waals surface area contributed by atoms with Gasteiger partial charge in [-0.15, -0.1) is 0 Å². The molecule has 4 heteroatoms. The van der Waals surface area contributed by atoms with Gasteiger partial charge in [0.1, 0.15) is 0 Å². The second-order valence-electron chi connectivity index (χ2n) is 2.35. The summed E-state index contributed by atoms with van der Waals surface area (Å²) in [5.41, 5.74) is 0.736. The maximum atomic E-state index is 9.47. The quantitative estimate of drug-likeness (QED) is 0.831. The van der Waals surface area contributed by atoms with Crippen molar-refractivity contribution in [2.24, 2.45) is 0 Å².